The van der Waals surface area contributed by atoms with Gasteiger partial charge in [0.1, 0.15) is 5.82 Å². The van der Waals surface area contributed by atoms with Crippen molar-refractivity contribution in [1.82, 2.24) is 19.7 Å². The predicted molar refractivity (Wildman–Crippen MR) is 82.5 cm³/mol. The van der Waals surface area contributed by atoms with Gasteiger partial charge in [0.2, 0.25) is 5.95 Å². The van der Waals surface area contributed by atoms with Crippen LogP contribution in [0.15, 0.2) is 6.20 Å². The Balaban J connectivity index is 1.99. The number of fused-ring (bicyclic) bond motifs is 1. The average molecular weight is 290 g/mol. The Labute approximate surface area is 124 Å². The largest absolute Gasteiger partial charge is 0.392 e. The number of hydrogen-bond acceptors (Lipinski definition) is 6. The van der Waals surface area contributed by atoms with E-state index in [1.165, 1.54) is 19.3 Å². The van der Waals surface area contributed by atoms with Crippen molar-refractivity contribution in [2.75, 3.05) is 29.9 Å². The van der Waals surface area contributed by atoms with Crippen LogP contribution in [-0.2, 0) is 7.05 Å². The number of piperidine rings is 1. The fourth-order valence-electron chi connectivity index (χ4n) is 2.67. The Morgan fingerprint density at radius 1 is 1.29 bits per heavy atom. The van der Waals surface area contributed by atoms with Crippen molar-refractivity contribution in [2.45, 2.75) is 32.3 Å². The molecule has 3 rings (SSSR count). The summed E-state index contributed by atoms with van der Waals surface area (Å²) in [5.41, 5.74) is 0.818. The minimum Gasteiger partial charge on any atom is -0.392 e. The van der Waals surface area contributed by atoms with Crippen LogP contribution in [0.25, 0.3) is 11.0 Å². The number of nitrogens with zero attached hydrogens (tertiary/aromatic N) is 5. The van der Waals surface area contributed by atoms with E-state index in [-0.39, 0.29) is 0 Å². The summed E-state index contributed by atoms with van der Waals surface area (Å²) in [5.74, 6) is 1.49. The van der Waals surface area contributed by atoms with Gasteiger partial charge in [0, 0.05) is 26.7 Å². The molecule has 0 spiro atoms. The SMILES string of the molecule is C[C@H](O)CNc1nc(N2CCCCC2)c2cnn(C)c2n1. The molecule has 0 saturated carbocycles. The summed E-state index contributed by atoms with van der Waals surface area (Å²) in [4.78, 5) is 11.5. The highest BCUT2D eigenvalue weighted by Gasteiger charge is 2.19. The molecule has 0 radical (unpaired) electrons. The van der Waals surface area contributed by atoms with Crippen LogP contribution in [-0.4, -0.2) is 50.6 Å². The van der Waals surface area contributed by atoms with Crippen LogP contribution in [0.5, 0.6) is 0 Å². The molecular weight excluding hydrogens is 268 g/mol. The molecule has 7 heteroatoms. The minimum atomic E-state index is -0.436. The molecule has 21 heavy (non-hydrogen) atoms. The van der Waals surface area contributed by atoms with Crippen LogP contribution in [0.3, 0.4) is 0 Å². The summed E-state index contributed by atoms with van der Waals surface area (Å²) in [6, 6.07) is 0. The van der Waals surface area contributed by atoms with E-state index in [1.54, 1.807) is 11.6 Å². The Kier molecular flexibility index (Phi) is 3.92. The maximum Gasteiger partial charge on any atom is 0.226 e. The Hall–Kier alpha value is -1.89. The molecular formula is C14H22N6O. The second kappa shape index (κ2) is 5.85. The summed E-state index contributed by atoms with van der Waals surface area (Å²) in [7, 11) is 1.88. The van der Waals surface area contributed by atoms with Crippen LogP contribution in [0.4, 0.5) is 11.8 Å². The lowest BCUT2D eigenvalue weighted by Gasteiger charge is -2.28. The molecule has 1 saturated heterocycles. The van der Waals surface area contributed by atoms with Crippen molar-refractivity contribution in [3.63, 3.8) is 0 Å². The number of aryl methyl sites for hydroxylation is 1. The third-order valence-corrected chi connectivity index (χ3v) is 3.78. The quantitative estimate of drug-likeness (QED) is 0.879. The van der Waals surface area contributed by atoms with Crippen LogP contribution < -0.4 is 10.2 Å². The molecule has 2 aromatic rings. The number of aliphatic hydroxyl groups is 1. The zero-order chi connectivity index (χ0) is 14.8. The van der Waals surface area contributed by atoms with E-state index >= 15 is 0 Å². The maximum atomic E-state index is 9.41. The molecule has 3 heterocycles. The Morgan fingerprint density at radius 2 is 2.05 bits per heavy atom. The first-order valence-electron chi connectivity index (χ1n) is 7.52. The lowest BCUT2D eigenvalue weighted by molar-refractivity contribution is 0.208. The number of nitrogens with one attached hydrogen (secondary N) is 1. The highest BCUT2D eigenvalue weighted by atomic mass is 16.3. The maximum absolute atomic E-state index is 9.41. The van der Waals surface area contributed by atoms with Crippen molar-refractivity contribution in [1.29, 1.82) is 0 Å². The second-order valence-corrected chi connectivity index (χ2v) is 5.65. The lowest BCUT2D eigenvalue weighted by atomic mass is 10.1. The third kappa shape index (κ3) is 2.92. The van der Waals surface area contributed by atoms with Gasteiger partial charge in [0.25, 0.3) is 0 Å². The first kappa shape index (κ1) is 14.1. The Bertz CT molecular complexity index is 617. The molecule has 7 nitrogen and oxygen atoms in total. The van der Waals surface area contributed by atoms with Crippen LogP contribution >= 0.6 is 0 Å². The molecule has 114 valence electrons. The predicted octanol–water partition coefficient (Wildman–Crippen LogP) is 1.15. The minimum absolute atomic E-state index is 0.433. The number of aromatic nitrogens is 4. The van der Waals surface area contributed by atoms with Gasteiger partial charge in [-0.2, -0.15) is 15.1 Å². The van der Waals surface area contributed by atoms with E-state index in [1.807, 2.05) is 13.2 Å². The number of anilines is 2. The van der Waals surface area contributed by atoms with Crippen molar-refractivity contribution in [3.8, 4) is 0 Å². The summed E-state index contributed by atoms with van der Waals surface area (Å²) in [6.07, 6.45) is 5.07. The normalized spacial score (nSPS) is 17.2. The zero-order valence-corrected chi connectivity index (χ0v) is 12.6. The first-order valence-corrected chi connectivity index (χ1v) is 7.52. The summed E-state index contributed by atoms with van der Waals surface area (Å²) >= 11 is 0. The van der Waals surface area contributed by atoms with Crippen molar-refractivity contribution < 1.29 is 5.11 Å². The van der Waals surface area contributed by atoms with Gasteiger partial charge >= 0.3 is 0 Å². The van der Waals surface area contributed by atoms with E-state index < -0.39 is 6.10 Å². The molecule has 0 bridgehead atoms. The molecule has 1 aliphatic rings. The molecule has 2 N–H and O–H groups in total. The average Bonchev–Trinajstić information content (AvgIpc) is 2.87. The molecule has 2 aromatic heterocycles. The Morgan fingerprint density at radius 3 is 2.76 bits per heavy atom. The molecule has 1 atom stereocenters. The van der Waals surface area contributed by atoms with Crippen LogP contribution in [0, 0.1) is 0 Å². The van der Waals surface area contributed by atoms with Crippen molar-refractivity contribution in [3.05, 3.63) is 6.20 Å². The molecule has 0 aromatic carbocycles. The smallest absolute Gasteiger partial charge is 0.226 e. The number of aliphatic hydroxyl groups excluding tert-OH is 1. The van der Waals surface area contributed by atoms with Crippen LogP contribution in [0.2, 0.25) is 0 Å². The van der Waals surface area contributed by atoms with Gasteiger partial charge in [-0.3, -0.25) is 4.68 Å². The van der Waals surface area contributed by atoms with Gasteiger partial charge in [-0.15, -0.1) is 0 Å². The molecule has 1 fully saturated rings. The van der Waals surface area contributed by atoms with Gasteiger partial charge in [-0.1, -0.05) is 0 Å². The van der Waals surface area contributed by atoms with Crippen molar-refractivity contribution in [2.24, 2.45) is 7.05 Å². The summed E-state index contributed by atoms with van der Waals surface area (Å²) < 4.78 is 1.76. The molecule has 1 aliphatic heterocycles. The van der Waals surface area contributed by atoms with Gasteiger partial charge < -0.3 is 15.3 Å². The number of rotatable bonds is 4. The molecule has 0 aliphatic carbocycles. The summed E-state index contributed by atoms with van der Waals surface area (Å²) in [5, 5.41) is 17.8. The highest BCUT2D eigenvalue weighted by molar-refractivity contribution is 5.88. The molecule has 0 unspecified atom stereocenters. The highest BCUT2D eigenvalue weighted by Crippen LogP contribution is 2.27. The van der Waals surface area contributed by atoms with Gasteiger partial charge in [0.05, 0.1) is 17.7 Å². The second-order valence-electron chi connectivity index (χ2n) is 5.65. The number of hydrogen-bond donors (Lipinski definition) is 2. The third-order valence-electron chi connectivity index (χ3n) is 3.78. The van der Waals surface area contributed by atoms with E-state index in [4.69, 9.17) is 0 Å². The van der Waals surface area contributed by atoms with Gasteiger partial charge in [0.15, 0.2) is 5.65 Å². The van der Waals surface area contributed by atoms with Crippen LogP contribution in [0.1, 0.15) is 26.2 Å². The van der Waals surface area contributed by atoms with E-state index in [0.717, 1.165) is 29.9 Å². The van der Waals surface area contributed by atoms with Gasteiger partial charge in [-0.25, -0.2) is 0 Å². The molecule has 0 amide bonds. The monoisotopic (exact) mass is 290 g/mol. The van der Waals surface area contributed by atoms with E-state index in [0.29, 0.717) is 12.5 Å². The summed E-state index contributed by atoms with van der Waals surface area (Å²) in [6.45, 7) is 4.22. The fraction of sp³-hybridized carbons (Fsp3) is 0.643. The first-order chi connectivity index (χ1) is 10.1. The van der Waals surface area contributed by atoms with E-state index in [2.05, 4.69) is 25.3 Å². The fourth-order valence-corrected chi connectivity index (χ4v) is 2.67. The van der Waals surface area contributed by atoms with E-state index in [9.17, 15) is 5.11 Å². The van der Waals surface area contributed by atoms with Gasteiger partial charge in [-0.05, 0) is 26.2 Å². The zero-order valence-electron chi connectivity index (χ0n) is 12.6. The standard InChI is InChI=1S/C14H22N6O/c1-10(21)8-15-14-17-12-11(9-16-19(12)2)13(18-14)20-6-4-3-5-7-20/h9-10,21H,3-8H2,1-2H3,(H,15,17,18)/t10-/m0/s1. The lowest BCUT2D eigenvalue weighted by Crippen LogP contribution is -2.30. The topological polar surface area (TPSA) is 79.1 Å². The van der Waals surface area contributed by atoms with Crippen molar-refractivity contribution >= 4 is 22.8 Å².